The van der Waals surface area contributed by atoms with E-state index in [9.17, 15) is 4.79 Å². The van der Waals surface area contributed by atoms with Crippen molar-refractivity contribution in [1.29, 1.82) is 0 Å². The van der Waals surface area contributed by atoms with Gasteiger partial charge in [0.15, 0.2) is 0 Å². The number of carboxylic acids is 1. The van der Waals surface area contributed by atoms with Gasteiger partial charge in [-0.1, -0.05) is 0 Å². The third kappa shape index (κ3) is 3.39. The zero-order valence-corrected chi connectivity index (χ0v) is 7.07. The Balaban J connectivity index is 3.32. The Kier molecular flexibility index (Phi) is 4.48. The Morgan fingerprint density at radius 1 is 2.00 bits per heavy atom. The van der Waals surface area contributed by atoms with E-state index < -0.39 is 12.0 Å². The first-order chi connectivity index (χ1) is 3.68. The number of aliphatic carboxylic acids is 1. The zero-order chi connectivity index (χ0) is 6.57. The van der Waals surface area contributed by atoms with Gasteiger partial charge < -0.3 is 0 Å². The summed E-state index contributed by atoms with van der Waals surface area (Å²) in [5.41, 5.74) is 5.13. The summed E-state index contributed by atoms with van der Waals surface area (Å²) in [6.45, 7) is 0. The Morgan fingerprint density at radius 2 is 2.50 bits per heavy atom. The molecule has 0 radical (unpaired) electrons. The monoisotopic (exact) mass is 201 g/mol. The van der Waals surface area contributed by atoms with Gasteiger partial charge in [0, 0.05) is 0 Å². The molecule has 0 aliphatic heterocycles. The van der Waals surface area contributed by atoms with E-state index in [4.69, 9.17) is 10.8 Å². The molecular formula is C3H8NO2PSe. The molecule has 2 unspecified atom stereocenters. The normalized spacial score (nSPS) is 13.2. The van der Waals surface area contributed by atoms with Crippen LogP contribution in [0.4, 0.5) is 0 Å². The van der Waals surface area contributed by atoms with Gasteiger partial charge in [-0.05, 0) is 0 Å². The van der Waals surface area contributed by atoms with Crippen molar-refractivity contribution >= 4 is 28.4 Å². The van der Waals surface area contributed by atoms with Gasteiger partial charge in [0.05, 0.1) is 0 Å². The molecule has 0 bridgehead atoms. The summed E-state index contributed by atoms with van der Waals surface area (Å²) < 4.78 is 0. The number of nitrogens with two attached hydrogens (primary N) is 1. The summed E-state index contributed by atoms with van der Waals surface area (Å²) >= 11 is 0.289. The van der Waals surface area contributed by atoms with Gasteiger partial charge in [-0.15, -0.1) is 0 Å². The van der Waals surface area contributed by atoms with Crippen LogP contribution in [0.5, 0.6) is 0 Å². The van der Waals surface area contributed by atoms with Crippen LogP contribution < -0.4 is 5.73 Å². The predicted octanol–water partition coefficient (Wildman–Crippen LogP) is -0.689. The van der Waals surface area contributed by atoms with Crippen LogP contribution in [0.2, 0.25) is 5.32 Å². The first kappa shape index (κ1) is 8.38. The van der Waals surface area contributed by atoms with Crippen LogP contribution in [-0.4, -0.2) is 31.6 Å². The first-order valence-corrected chi connectivity index (χ1v) is 6.63. The average molecular weight is 200 g/mol. The molecule has 0 aromatic carbocycles. The van der Waals surface area contributed by atoms with E-state index in [1.165, 1.54) is 0 Å². The molecule has 5 heteroatoms. The van der Waals surface area contributed by atoms with Crippen LogP contribution in [0.15, 0.2) is 0 Å². The fourth-order valence-corrected chi connectivity index (χ4v) is 1.99. The molecule has 0 aliphatic carbocycles. The third-order valence-electron chi connectivity index (χ3n) is 0.593. The Bertz CT molecular complexity index is 89.4. The molecule has 2 atom stereocenters. The van der Waals surface area contributed by atoms with Crippen molar-refractivity contribution in [3.05, 3.63) is 0 Å². The molecule has 0 spiro atoms. The molecule has 0 heterocycles. The van der Waals surface area contributed by atoms with E-state index in [1.807, 2.05) is 0 Å². The molecular weight excluding hydrogens is 192 g/mol. The standard InChI is InChI=1S/C3H8NO2PSe/c4-2(1-8-7)3(5)6/h2H,1,4,7H2,(H,5,6). The molecule has 48 valence electrons. The van der Waals surface area contributed by atoms with Gasteiger partial charge in [0.25, 0.3) is 0 Å². The molecule has 0 saturated heterocycles. The fourth-order valence-electron chi connectivity index (χ4n) is 0.175. The number of hydrogen-bond acceptors (Lipinski definition) is 2. The van der Waals surface area contributed by atoms with Gasteiger partial charge in [0.1, 0.15) is 0 Å². The fraction of sp³-hybridized carbons (Fsp3) is 0.667. The first-order valence-electron chi connectivity index (χ1n) is 1.98. The summed E-state index contributed by atoms with van der Waals surface area (Å²) in [5, 5.41) is 8.78. The molecule has 3 nitrogen and oxygen atoms in total. The van der Waals surface area contributed by atoms with Crippen LogP contribution in [0.1, 0.15) is 0 Å². The summed E-state index contributed by atoms with van der Waals surface area (Å²) in [6.07, 6.45) is 0. The molecule has 0 aromatic heterocycles. The summed E-state index contributed by atoms with van der Waals surface area (Å²) in [6, 6.07) is -0.660. The second-order valence-corrected chi connectivity index (χ2v) is 4.41. The second kappa shape index (κ2) is 4.28. The predicted molar refractivity (Wildman–Crippen MR) is 35.9 cm³/mol. The minimum atomic E-state index is -0.908. The summed E-state index contributed by atoms with van der Waals surface area (Å²) in [7, 11) is 2.49. The van der Waals surface area contributed by atoms with E-state index in [0.717, 1.165) is 0 Å². The van der Waals surface area contributed by atoms with Crippen LogP contribution in [0, 0.1) is 0 Å². The molecule has 0 aromatic rings. The van der Waals surface area contributed by atoms with Crippen molar-refractivity contribution in [2.75, 3.05) is 0 Å². The van der Waals surface area contributed by atoms with Crippen LogP contribution >= 0.6 is 7.93 Å². The molecule has 0 saturated carbocycles. The van der Waals surface area contributed by atoms with Crippen molar-refractivity contribution in [3.63, 3.8) is 0 Å². The molecule has 0 fully saturated rings. The number of carbonyl (C=O) groups is 1. The van der Waals surface area contributed by atoms with Gasteiger partial charge in [0.2, 0.25) is 0 Å². The maximum absolute atomic E-state index is 9.96. The van der Waals surface area contributed by atoms with E-state index in [2.05, 4.69) is 7.93 Å². The topological polar surface area (TPSA) is 63.3 Å². The number of rotatable bonds is 3. The Morgan fingerprint density at radius 3 is 2.62 bits per heavy atom. The minimum absolute atomic E-state index is 0.289. The molecule has 0 rings (SSSR count). The van der Waals surface area contributed by atoms with E-state index in [1.54, 1.807) is 0 Å². The quantitative estimate of drug-likeness (QED) is 0.468. The van der Waals surface area contributed by atoms with Crippen molar-refractivity contribution < 1.29 is 9.90 Å². The van der Waals surface area contributed by atoms with Crippen LogP contribution in [0.25, 0.3) is 0 Å². The maximum atomic E-state index is 9.96. The van der Waals surface area contributed by atoms with E-state index in [0.29, 0.717) is 5.32 Å². The van der Waals surface area contributed by atoms with Crippen LogP contribution in [-0.2, 0) is 4.79 Å². The van der Waals surface area contributed by atoms with Crippen LogP contribution in [0.3, 0.4) is 0 Å². The molecule has 0 amide bonds. The number of hydrogen-bond donors (Lipinski definition) is 2. The van der Waals surface area contributed by atoms with Crippen molar-refractivity contribution in [3.8, 4) is 0 Å². The van der Waals surface area contributed by atoms with E-state index in [-0.39, 0.29) is 14.5 Å². The van der Waals surface area contributed by atoms with Crippen molar-refractivity contribution in [2.24, 2.45) is 5.73 Å². The summed E-state index contributed by atoms with van der Waals surface area (Å²) in [5.74, 6) is -0.908. The van der Waals surface area contributed by atoms with Gasteiger partial charge in [-0.3, -0.25) is 0 Å². The zero-order valence-electron chi connectivity index (χ0n) is 4.20. The molecule has 0 aliphatic rings. The molecule has 3 N–H and O–H groups in total. The van der Waals surface area contributed by atoms with Gasteiger partial charge >= 0.3 is 55.4 Å². The summed E-state index contributed by atoms with van der Waals surface area (Å²) in [4.78, 5) is 9.96. The van der Waals surface area contributed by atoms with E-state index >= 15 is 0 Å². The average Bonchev–Trinajstić information content (AvgIpc) is 1.67. The van der Waals surface area contributed by atoms with Crippen molar-refractivity contribution in [1.82, 2.24) is 0 Å². The Labute approximate surface area is 56.0 Å². The molecule has 8 heavy (non-hydrogen) atoms. The van der Waals surface area contributed by atoms with Gasteiger partial charge in [-0.2, -0.15) is 0 Å². The second-order valence-electron chi connectivity index (χ2n) is 1.28. The number of carboxylic acid groups (broad SMARTS) is 1. The third-order valence-corrected chi connectivity index (χ3v) is 2.75. The van der Waals surface area contributed by atoms with Gasteiger partial charge in [-0.25, -0.2) is 0 Å². The Hall–Kier alpha value is 0.379. The SMILES string of the molecule is NC(C[Se]P)C(=O)O. The van der Waals surface area contributed by atoms with Crippen molar-refractivity contribution in [2.45, 2.75) is 11.4 Å².